The number of hydrogen-bond donors (Lipinski definition) is 1. The van der Waals surface area contributed by atoms with Crippen LogP contribution in [0.25, 0.3) is 5.82 Å². The van der Waals surface area contributed by atoms with Crippen LogP contribution in [0.5, 0.6) is 0 Å². The van der Waals surface area contributed by atoms with Gasteiger partial charge in [0.1, 0.15) is 22.1 Å². The highest BCUT2D eigenvalue weighted by molar-refractivity contribution is 7.08. The Morgan fingerprint density at radius 2 is 1.84 bits per heavy atom. The standard InChI is InChI=1S/C25H28N8O3S/c1-25(2,3)36-24(35)32-10-6-16(7-11-32)20-19(15-4-5-15)21(37-31-20)23(34)30-18-12-17(13-26)22(27-14-18)33-28-8-9-29-33/h8-9,12,14-16H,4-7,10-11H2,1-3H3,(H,30,34). The van der Waals surface area contributed by atoms with E-state index < -0.39 is 5.60 Å². The molecule has 0 spiro atoms. The fraction of sp³-hybridized carbons (Fsp3) is 0.480. The highest BCUT2D eigenvalue weighted by Crippen LogP contribution is 2.47. The van der Waals surface area contributed by atoms with Crippen molar-refractivity contribution in [3.8, 4) is 11.9 Å². The average molecular weight is 521 g/mol. The topological polar surface area (TPSA) is 139 Å². The zero-order valence-corrected chi connectivity index (χ0v) is 21.8. The van der Waals surface area contributed by atoms with Crippen LogP contribution in [0.15, 0.2) is 24.7 Å². The maximum absolute atomic E-state index is 13.3. The molecule has 37 heavy (non-hydrogen) atoms. The lowest BCUT2D eigenvalue weighted by atomic mass is 9.89. The van der Waals surface area contributed by atoms with E-state index in [-0.39, 0.29) is 23.5 Å². The summed E-state index contributed by atoms with van der Waals surface area (Å²) in [5, 5.41) is 20.5. The summed E-state index contributed by atoms with van der Waals surface area (Å²) >= 11 is 1.21. The molecular weight excluding hydrogens is 492 g/mol. The molecule has 1 aliphatic carbocycles. The van der Waals surface area contributed by atoms with E-state index in [1.807, 2.05) is 20.8 Å². The second kappa shape index (κ2) is 9.89. The maximum atomic E-state index is 13.3. The molecule has 0 unspecified atom stereocenters. The van der Waals surface area contributed by atoms with Crippen molar-refractivity contribution in [2.45, 2.75) is 63.9 Å². The lowest BCUT2D eigenvalue weighted by Crippen LogP contribution is -2.41. The number of anilines is 1. The highest BCUT2D eigenvalue weighted by atomic mass is 32.1. The summed E-state index contributed by atoms with van der Waals surface area (Å²) in [6.07, 6.45) is 7.84. The van der Waals surface area contributed by atoms with Gasteiger partial charge < -0.3 is 15.0 Å². The second-order valence-corrected chi connectivity index (χ2v) is 11.1. The first-order valence-electron chi connectivity index (χ1n) is 12.3. The van der Waals surface area contributed by atoms with Gasteiger partial charge in [0, 0.05) is 24.6 Å². The summed E-state index contributed by atoms with van der Waals surface area (Å²) < 4.78 is 10.2. The van der Waals surface area contributed by atoms with Gasteiger partial charge in [0.05, 0.1) is 30.0 Å². The molecule has 2 amide bonds. The Balaban J connectivity index is 1.30. The van der Waals surface area contributed by atoms with Gasteiger partial charge in [0.25, 0.3) is 5.91 Å². The molecule has 0 radical (unpaired) electrons. The van der Waals surface area contributed by atoms with Crippen LogP contribution in [-0.4, -0.2) is 59.9 Å². The Kier molecular flexibility index (Phi) is 6.64. The van der Waals surface area contributed by atoms with Crippen molar-refractivity contribution in [1.82, 2.24) is 29.3 Å². The van der Waals surface area contributed by atoms with Gasteiger partial charge in [-0.05, 0) is 70.0 Å². The van der Waals surface area contributed by atoms with Crippen LogP contribution >= 0.6 is 11.5 Å². The van der Waals surface area contributed by atoms with E-state index in [0.717, 1.165) is 36.9 Å². The number of amides is 2. The normalized spacial score (nSPS) is 16.3. The summed E-state index contributed by atoms with van der Waals surface area (Å²) in [6, 6.07) is 3.65. The molecule has 2 aliphatic rings. The van der Waals surface area contributed by atoms with E-state index in [1.165, 1.54) is 34.9 Å². The van der Waals surface area contributed by atoms with Crippen molar-refractivity contribution in [2.24, 2.45) is 0 Å². The maximum Gasteiger partial charge on any atom is 0.410 e. The summed E-state index contributed by atoms with van der Waals surface area (Å²) in [6.45, 7) is 6.79. The number of piperidine rings is 1. The molecule has 1 N–H and O–H groups in total. The number of hydrogen-bond acceptors (Lipinski definition) is 9. The number of nitrogens with zero attached hydrogens (tertiary/aromatic N) is 7. The van der Waals surface area contributed by atoms with Crippen LogP contribution in [0.3, 0.4) is 0 Å². The Bertz CT molecular complexity index is 1340. The molecule has 12 heteroatoms. The number of pyridine rings is 1. The van der Waals surface area contributed by atoms with E-state index in [1.54, 1.807) is 11.0 Å². The van der Waals surface area contributed by atoms with Gasteiger partial charge in [0.2, 0.25) is 0 Å². The van der Waals surface area contributed by atoms with E-state index in [9.17, 15) is 14.9 Å². The number of aromatic nitrogens is 5. The summed E-state index contributed by atoms with van der Waals surface area (Å²) in [5.74, 6) is 0.564. The Hall–Kier alpha value is -3.85. The van der Waals surface area contributed by atoms with Crippen LogP contribution in [0.1, 0.15) is 84.8 Å². The van der Waals surface area contributed by atoms with E-state index in [4.69, 9.17) is 9.11 Å². The van der Waals surface area contributed by atoms with E-state index in [2.05, 4.69) is 26.6 Å². The smallest absolute Gasteiger partial charge is 0.410 e. The SMILES string of the molecule is CC(C)(C)OC(=O)N1CCC(c2nsc(C(=O)Nc3cnc(-n4nccn4)c(C#N)c3)c2C2CC2)CC1. The molecule has 192 valence electrons. The van der Waals surface area contributed by atoms with Gasteiger partial charge in [-0.25, -0.2) is 9.78 Å². The molecular formula is C25H28N8O3S. The molecule has 1 saturated carbocycles. The largest absolute Gasteiger partial charge is 0.444 e. The average Bonchev–Trinajstić information content (AvgIpc) is 3.37. The molecule has 0 aromatic carbocycles. The molecule has 1 saturated heterocycles. The van der Waals surface area contributed by atoms with Crippen molar-refractivity contribution in [2.75, 3.05) is 18.4 Å². The van der Waals surface area contributed by atoms with Crippen molar-refractivity contribution in [1.29, 1.82) is 5.26 Å². The Morgan fingerprint density at radius 1 is 1.14 bits per heavy atom. The number of nitrogens with one attached hydrogen (secondary N) is 1. The van der Waals surface area contributed by atoms with Crippen molar-refractivity contribution < 1.29 is 14.3 Å². The van der Waals surface area contributed by atoms with Crippen LogP contribution in [0.2, 0.25) is 0 Å². The van der Waals surface area contributed by atoms with Gasteiger partial charge in [-0.1, -0.05) is 0 Å². The minimum absolute atomic E-state index is 0.194. The van der Waals surface area contributed by atoms with Crippen molar-refractivity contribution >= 4 is 29.2 Å². The van der Waals surface area contributed by atoms with Gasteiger partial charge in [-0.15, -0.1) is 4.80 Å². The number of likely N-dealkylation sites (tertiary alicyclic amines) is 1. The third kappa shape index (κ3) is 5.46. The van der Waals surface area contributed by atoms with Gasteiger partial charge in [0.15, 0.2) is 5.82 Å². The molecule has 2 fully saturated rings. The molecule has 0 atom stereocenters. The lowest BCUT2D eigenvalue weighted by Gasteiger charge is -2.33. The highest BCUT2D eigenvalue weighted by Gasteiger charge is 2.37. The molecule has 11 nitrogen and oxygen atoms in total. The molecule has 1 aliphatic heterocycles. The minimum Gasteiger partial charge on any atom is -0.444 e. The number of nitriles is 1. The van der Waals surface area contributed by atoms with Crippen molar-refractivity contribution in [3.05, 3.63) is 46.4 Å². The summed E-state index contributed by atoms with van der Waals surface area (Å²) in [4.78, 5) is 33.6. The Labute approximate surface area is 218 Å². The fourth-order valence-electron chi connectivity index (χ4n) is 4.48. The summed E-state index contributed by atoms with van der Waals surface area (Å²) in [5.41, 5.74) is 2.16. The molecule has 4 heterocycles. The Morgan fingerprint density at radius 3 is 2.46 bits per heavy atom. The number of ether oxygens (including phenoxy) is 1. The predicted molar refractivity (Wildman–Crippen MR) is 136 cm³/mol. The molecule has 3 aromatic rings. The number of carbonyl (C=O) groups is 2. The molecule has 0 bridgehead atoms. The number of carbonyl (C=O) groups excluding carboxylic acids is 2. The third-order valence-electron chi connectivity index (χ3n) is 6.33. The minimum atomic E-state index is -0.524. The first-order chi connectivity index (χ1) is 17.7. The van der Waals surface area contributed by atoms with E-state index in [0.29, 0.717) is 35.4 Å². The second-order valence-electron chi connectivity index (χ2n) is 10.3. The van der Waals surface area contributed by atoms with Gasteiger partial charge >= 0.3 is 6.09 Å². The lowest BCUT2D eigenvalue weighted by molar-refractivity contribution is 0.0204. The van der Waals surface area contributed by atoms with Crippen molar-refractivity contribution in [3.63, 3.8) is 0 Å². The van der Waals surface area contributed by atoms with Crippen LogP contribution in [0.4, 0.5) is 10.5 Å². The zero-order chi connectivity index (χ0) is 26.2. The number of rotatable bonds is 5. The van der Waals surface area contributed by atoms with Gasteiger partial charge in [-0.2, -0.15) is 19.8 Å². The predicted octanol–water partition coefficient (Wildman–Crippen LogP) is 4.23. The van der Waals surface area contributed by atoms with Crippen LogP contribution < -0.4 is 5.32 Å². The first kappa shape index (κ1) is 24.8. The third-order valence-corrected chi connectivity index (χ3v) is 7.21. The molecule has 5 rings (SSSR count). The fourth-order valence-corrected chi connectivity index (χ4v) is 5.42. The quantitative estimate of drug-likeness (QED) is 0.527. The zero-order valence-electron chi connectivity index (χ0n) is 21.0. The first-order valence-corrected chi connectivity index (χ1v) is 13.1. The van der Waals surface area contributed by atoms with E-state index >= 15 is 0 Å². The summed E-state index contributed by atoms with van der Waals surface area (Å²) in [7, 11) is 0. The molecule has 3 aromatic heterocycles. The monoisotopic (exact) mass is 520 g/mol. The van der Waals surface area contributed by atoms with Gasteiger partial charge in [-0.3, -0.25) is 4.79 Å². The van der Waals surface area contributed by atoms with Crippen LogP contribution in [0, 0.1) is 11.3 Å². The van der Waals surface area contributed by atoms with Crippen LogP contribution in [-0.2, 0) is 4.74 Å².